The van der Waals surface area contributed by atoms with Crippen LogP contribution in [0.4, 0.5) is 0 Å². The van der Waals surface area contributed by atoms with Gasteiger partial charge in [0.25, 0.3) is 0 Å². The molecule has 0 saturated heterocycles. The molecule has 4 nitrogen and oxygen atoms in total. The molecule has 0 spiro atoms. The van der Waals surface area contributed by atoms with Crippen molar-refractivity contribution in [2.75, 3.05) is 0 Å². The van der Waals surface area contributed by atoms with E-state index in [2.05, 4.69) is 0 Å². The Morgan fingerprint density at radius 3 is 1.85 bits per heavy atom. The molecule has 6 heteroatoms. The third kappa shape index (κ3) is 4.07. The van der Waals surface area contributed by atoms with Gasteiger partial charge in [0.1, 0.15) is 17.2 Å². The molecule has 33 heavy (non-hydrogen) atoms. The Balaban J connectivity index is 1.89. The van der Waals surface area contributed by atoms with E-state index in [0.717, 1.165) is 33.6 Å². The summed E-state index contributed by atoms with van der Waals surface area (Å²) in [7, 11) is 0. The molecule has 0 aliphatic rings. The van der Waals surface area contributed by atoms with E-state index >= 15 is 0 Å². The Hall–Kier alpha value is -3.73. The Kier molecular flexibility index (Phi) is 5.55. The number of hydrogen-bond acceptors (Lipinski definition) is 3. The highest BCUT2D eigenvalue weighted by Crippen LogP contribution is 2.42. The summed E-state index contributed by atoms with van der Waals surface area (Å²) >= 11 is 12.8. The molecule has 0 fully saturated rings. The van der Waals surface area contributed by atoms with Crippen LogP contribution in [0.1, 0.15) is 0 Å². The van der Waals surface area contributed by atoms with Crippen LogP contribution < -0.4 is 0 Å². The maximum atomic E-state index is 9.88. The molecule has 4 aromatic carbocycles. The first-order valence-electron chi connectivity index (χ1n) is 10.2. The predicted molar refractivity (Wildman–Crippen MR) is 133 cm³/mol. The van der Waals surface area contributed by atoms with Crippen molar-refractivity contribution in [2.24, 2.45) is 0 Å². The van der Waals surface area contributed by atoms with E-state index in [9.17, 15) is 10.2 Å². The van der Waals surface area contributed by atoms with E-state index in [1.165, 1.54) is 0 Å². The van der Waals surface area contributed by atoms with Gasteiger partial charge in [0.05, 0.1) is 16.4 Å². The number of halogens is 2. The van der Waals surface area contributed by atoms with Gasteiger partial charge in [-0.3, -0.25) is 0 Å². The zero-order valence-corrected chi connectivity index (χ0v) is 18.8. The largest absolute Gasteiger partial charge is 0.508 e. The molecule has 0 atom stereocenters. The summed E-state index contributed by atoms with van der Waals surface area (Å²) in [5.41, 5.74) is 5.79. The van der Waals surface area contributed by atoms with Gasteiger partial charge >= 0.3 is 0 Å². The minimum atomic E-state index is 0.175. The molecule has 5 rings (SSSR count). The highest BCUT2D eigenvalue weighted by Gasteiger charge is 2.24. The molecule has 162 valence electrons. The summed E-state index contributed by atoms with van der Waals surface area (Å²) in [6.45, 7) is 0. The van der Waals surface area contributed by atoms with E-state index in [1.807, 2.05) is 60.7 Å². The van der Waals surface area contributed by atoms with Crippen molar-refractivity contribution in [1.82, 2.24) is 9.78 Å². The van der Waals surface area contributed by atoms with Crippen LogP contribution in [0.25, 0.3) is 39.3 Å². The monoisotopic (exact) mass is 472 g/mol. The molecular weight excluding hydrogens is 455 g/mol. The lowest BCUT2D eigenvalue weighted by Gasteiger charge is -2.12. The lowest BCUT2D eigenvalue weighted by atomic mass is 9.95. The molecule has 1 aromatic heterocycles. The van der Waals surface area contributed by atoms with Gasteiger partial charge in [0, 0.05) is 21.7 Å². The molecule has 0 radical (unpaired) electrons. The van der Waals surface area contributed by atoms with E-state index in [-0.39, 0.29) is 11.5 Å². The summed E-state index contributed by atoms with van der Waals surface area (Å²) in [5.74, 6) is 0.355. The zero-order valence-electron chi connectivity index (χ0n) is 17.3. The molecule has 0 amide bonds. The topological polar surface area (TPSA) is 58.3 Å². The molecule has 0 bridgehead atoms. The molecule has 0 aliphatic carbocycles. The first-order chi connectivity index (χ1) is 16.0. The maximum absolute atomic E-state index is 9.88. The van der Waals surface area contributed by atoms with Crippen LogP contribution in [-0.4, -0.2) is 20.0 Å². The van der Waals surface area contributed by atoms with E-state index in [0.29, 0.717) is 15.7 Å². The molecule has 0 unspecified atom stereocenters. The van der Waals surface area contributed by atoms with Crippen molar-refractivity contribution in [2.45, 2.75) is 0 Å². The van der Waals surface area contributed by atoms with Crippen LogP contribution in [0, 0.1) is 0 Å². The lowest BCUT2D eigenvalue weighted by molar-refractivity contribution is 0.475. The molecule has 0 aliphatic heterocycles. The third-order valence-corrected chi connectivity index (χ3v) is 5.91. The van der Waals surface area contributed by atoms with Crippen LogP contribution in [0.15, 0.2) is 97.1 Å². The fourth-order valence-corrected chi connectivity index (χ4v) is 4.32. The number of nitrogens with zero attached hydrogens (tertiary/aromatic N) is 2. The fourth-order valence-electron chi connectivity index (χ4n) is 3.83. The second-order valence-electron chi connectivity index (χ2n) is 7.54. The normalized spacial score (nSPS) is 11.0. The zero-order chi connectivity index (χ0) is 22.9. The number of aromatic hydroxyl groups is 2. The molecule has 0 saturated carbocycles. The number of phenolic OH excluding ortho intramolecular Hbond substituents is 2. The first kappa shape index (κ1) is 21.1. The SMILES string of the molecule is Oc1ccc(-c2nn(-c3ccc(Cl)cc3Cl)c(-c3ccc(O)cc3)c2-c2ccccc2)cc1. The van der Waals surface area contributed by atoms with Crippen LogP contribution in [-0.2, 0) is 0 Å². The number of phenols is 2. The van der Waals surface area contributed by atoms with Crippen LogP contribution in [0.3, 0.4) is 0 Å². The molecular formula is C27H18Cl2N2O2. The van der Waals surface area contributed by atoms with Crippen molar-refractivity contribution in [3.05, 3.63) is 107 Å². The average molecular weight is 473 g/mol. The molecule has 2 N–H and O–H groups in total. The summed E-state index contributed by atoms with van der Waals surface area (Å²) in [5, 5.41) is 25.7. The first-order valence-corrected chi connectivity index (χ1v) is 11.0. The quantitative estimate of drug-likeness (QED) is 0.283. The summed E-state index contributed by atoms with van der Waals surface area (Å²) in [4.78, 5) is 0. The van der Waals surface area contributed by atoms with E-state index < -0.39 is 0 Å². The van der Waals surface area contributed by atoms with Gasteiger partial charge in [-0.25, -0.2) is 4.68 Å². The predicted octanol–water partition coefficient (Wildman–Crippen LogP) is 7.59. The Labute approximate surface area is 200 Å². The van der Waals surface area contributed by atoms with Crippen molar-refractivity contribution in [3.8, 4) is 50.8 Å². The fraction of sp³-hybridized carbons (Fsp3) is 0. The summed E-state index contributed by atoms with van der Waals surface area (Å²) in [6.07, 6.45) is 0. The Morgan fingerprint density at radius 1 is 0.636 bits per heavy atom. The van der Waals surface area contributed by atoms with Crippen molar-refractivity contribution >= 4 is 23.2 Å². The summed E-state index contributed by atoms with van der Waals surface area (Å²) < 4.78 is 1.80. The Bertz CT molecular complexity index is 1430. The van der Waals surface area contributed by atoms with Gasteiger partial charge in [0.2, 0.25) is 0 Å². The van der Waals surface area contributed by atoms with E-state index in [4.69, 9.17) is 28.3 Å². The minimum absolute atomic E-state index is 0.175. The maximum Gasteiger partial charge on any atom is 0.115 e. The number of aromatic nitrogens is 2. The second kappa shape index (κ2) is 8.66. The number of rotatable bonds is 4. The van der Waals surface area contributed by atoms with Crippen LogP contribution in [0.2, 0.25) is 10.0 Å². The van der Waals surface area contributed by atoms with Gasteiger partial charge < -0.3 is 10.2 Å². The van der Waals surface area contributed by atoms with Crippen LogP contribution in [0.5, 0.6) is 11.5 Å². The van der Waals surface area contributed by atoms with Gasteiger partial charge in [-0.2, -0.15) is 5.10 Å². The summed E-state index contributed by atoms with van der Waals surface area (Å²) in [6, 6.07) is 29.2. The van der Waals surface area contributed by atoms with Crippen molar-refractivity contribution < 1.29 is 10.2 Å². The van der Waals surface area contributed by atoms with Gasteiger partial charge in [-0.05, 0) is 72.3 Å². The van der Waals surface area contributed by atoms with Gasteiger partial charge in [-0.15, -0.1) is 0 Å². The number of hydrogen-bond donors (Lipinski definition) is 2. The van der Waals surface area contributed by atoms with Crippen molar-refractivity contribution in [3.63, 3.8) is 0 Å². The van der Waals surface area contributed by atoms with Crippen molar-refractivity contribution in [1.29, 1.82) is 0 Å². The highest BCUT2D eigenvalue weighted by molar-refractivity contribution is 6.35. The average Bonchev–Trinajstić information content (AvgIpc) is 3.21. The minimum Gasteiger partial charge on any atom is -0.508 e. The standard InChI is InChI=1S/C27H18Cl2N2O2/c28-20-10-15-24(23(29)16-20)31-27(19-8-13-22(33)14-9-19)25(17-4-2-1-3-5-17)26(30-31)18-6-11-21(32)12-7-18/h1-16,32-33H. The molecule has 5 aromatic rings. The molecule has 1 heterocycles. The van der Waals surface area contributed by atoms with Gasteiger partial charge in [0.15, 0.2) is 0 Å². The Morgan fingerprint density at radius 2 is 1.24 bits per heavy atom. The third-order valence-electron chi connectivity index (χ3n) is 5.37. The van der Waals surface area contributed by atoms with Crippen LogP contribution >= 0.6 is 23.2 Å². The number of benzene rings is 4. The smallest absolute Gasteiger partial charge is 0.115 e. The highest BCUT2D eigenvalue weighted by atomic mass is 35.5. The lowest BCUT2D eigenvalue weighted by Crippen LogP contribution is -2.00. The van der Waals surface area contributed by atoms with Gasteiger partial charge in [-0.1, -0.05) is 53.5 Å². The second-order valence-corrected chi connectivity index (χ2v) is 8.38. The van der Waals surface area contributed by atoms with E-state index in [1.54, 1.807) is 41.1 Å².